The molecule has 0 aliphatic carbocycles. The van der Waals surface area contributed by atoms with Crippen molar-refractivity contribution in [2.45, 2.75) is 6.54 Å². The molecule has 0 bridgehead atoms. The molecule has 2 aromatic rings. The topological polar surface area (TPSA) is 119 Å². The third-order valence-corrected chi connectivity index (χ3v) is 2.57. The number of amides is 1. The molecule has 0 atom stereocenters. The molecular weight excluding hydrogens is 279 g/mol. The van der Waals surface area contributed by atoms with E-state index in [1.807, 2.05) is 5.43 Å². The predicted molar refractivity (Wildman–Crippen MR) is 68.3 cm³/mol. The molecule has 1 amide bonds. The summed E-state index contributed by atoms with van der Waals surface area (Å²) in [7, 11) is 0. The second kappa shape index (κ2) is 6.44. The molecule has 0 saturated heterocycles. The highest BCUT2D eigenvalue weighted by Gasteiger charge is 2.10. The Morgan fingerprint density at radius 1 is 1.57 bits per heavy atom. The molecule has 0 radical (unpaired) electrons. The van der Waals surface area contributed by atoms with E-state index >= 15 is 0 Å². The van der Waals surface area contributed by atoms with E-state index in [2.05, 4.69) is 10.3 Å². The molecule has 0 fully saturated rings. The summed E-state index contributed by atoms with van der Waals surface area (Å²) in [5.41, 5.74) is 1.85. The smallest absolute Gasteiger partial charge is 0.287 e. The van der Waals surface area contributed by atoms with E-state index in [4.69, 9.17) is 15.8 Å². The standard InChI is InChI=1S/C12H11FN6O2/c13-9-2-1-3-11(8(9)6-14)21-5-4-19-7-10(17-18-19)12(20)16-15/h1-3,7H,4-5,15H2,(H,16,20). The lowest BCUT2D eigenvalue weighted by Gasteiger charge is -2.07. The van der Waals surface area contributed by atoms with E-state index < -0.39 is 11.7 Å². The van der Waals surface area contributed by atoms with Crippen LogP contribution in [-0.2, 0) is 6.54 Å². The van der Waals surface area contributed by atoms with Crippen molar-refractivity contribution in [3.63, 3.8) is 0 Å². The summed E-state index contributed by atoms with van der Waals surface area (Å²) in [6.45, 7) is 0.400. The summed E-state index contributed by atoms with van der Waals surface area (Å²) in [5.74, 6) is 3.92. The predicted octanol–water partition coefficient (Wildman–Crippen LogP) is -0.0286. The number of ether oxygens (including phenoxy) is 1. The largest absolute Gasteiger partial charge is 0.490 e. The first kappa shape index (κ1) is 14.4. The van der Waals surface area contributed by atoms with Gasteiger partial charge >= 0.3 is 0 Å². The second-order valence-electron chi connectivity index (χ2n) is 3.91. The number of nitrogens with two attached hydrogens (primary N) is 1. The number of halogens is 1. The van der Waals surface area contributed by atoms with E-state index in [1.54, 1.807) is 6.07 Å². The fourth-order valence-electron chi connectivity index (χ4n) is 1.57. The molecule has 1 aromatic carbocycles. The van der Waals surface area contributed by atoms with Crippen molar-refractivity contribution in [1.82, 2.24) is 20.4 Å². The average Bonchev–Trinajstić information content (AvgIpc) is 2.95. The Labute approximate surface area is 118 Å². The molecule has 0 saturated carbocycles. The van der Waals surface area contributed by atoms with Crippen molar-refractivity contribution < 1.29 is 13.9 Å². The molecule has 108 valence electrons. The quantitative estimate of drug-likeness (QED) is 0.453. The lowest BCUT2D eigenvalue weighted by atomic mass is 10.2. The van der Waals surface area contributed by atoms with Gasteiger partial charge in [-0.25, -0.2) is 14.9 Å². The zero-order chi connectivity index (χ0) is 15.2. The Morgan fingerprint density at radius 3 is 3.10 bits per heavy atom. The van der Waals surface area contributed by atoms with Crippen LogP contribution in [0.25, 0.3) is 0 Å². The maximum absolute atomic E-state index is 13.3. The van der Waals surface area contributed by atoms with E-state index in [0.717, 1.165) is 0 Å². The van der Waals surface area contributed by atoms with Gasteiger partial charge in [-0.3, -0.25) is 10.2 Å². The van der Waals surface area contributed by atoms with Gasteiger partial charge < -0.3 is 4.74 Å². The second-order valence-corrected chi connectivity index (χ2v) is 3.91. The minimum Gasteiger partial charge on any atom is -0.490 e. The Morgan fingerprint density at radius 2 is 2.38 bits per heavy atom. The number of rotatable bonds is 5. The van der Waals surface area contributed by atoms with Gasteiger partial charge in [-0.1, -0.05) is 11.3 Å². The monoisotopic (exact) mass is 290 g/mol. The molecule has 2 rings (SSSR count). The van der Waals surface area contributed by atoms with Gasteiger partial charge in [0.1, 0.15) is 29.8 Å². The highest BCUT2D eigenvalue weighted by Crippen LogP contribution is 2.20. The number of benzene rings is 1. The number of nitrogen functional groups attached to an aromatic ring is 1. The first-order valence-electron chi connectivity index (χ1n) is 5.88. The molecule has 1 aromatic heterocycles. The third-order valence-electron chi connectivity index (χ3n) is 2.57. The van der Waals surface area contributed by atoms with Crippen LogP contribution in [0.4, 0.5) is 4.39 Å². The number of nitriles is 1. The van der Waals surface area contributed by atoms with Crippen LogP contribution in [0.3, 0.4) is 0 Å². The van der Waals surface area contributed by atoms with Crippen LogP contribution in [0, 0.1) is 17.1 Å². The molecule has 8 nitrogen and oxygen atoms in total. The number of hydrazine groups is 1. The van der Waals surface area contributed by atoms with Gasteiger partial charge in [-0.15, -0.1) is 5.10 Å². The first-order chi connectivity index (χ1) is 10.2. The Balaban J connectivity index is 1.96. The van der Waals surface area contributed by atoms with Crippen molar-refractivity contribution in [2.75, 3.05) is 6.61 Å². The van der Waals surface area contributed by atoms with Crippen LogP contribution in [0.5, 0.6) is 5.75 Å². The molecule has 0 aliphatic heterocycles. The summed E-state index contributed by atoms with van der Waals surface area (Å²) in [6, 6.07) is 5.86. The summed E-state index contributed by atoms with van der Waals surface area (Å²) in [6.07, 6.45) is 1.39. The van der Waals surface area contributed by atoms with Crippen LogP contribution in [-0.4, -0.2) is 27.5 Å². The van der Waals surface area contributed by atoms with Gasteiger partial charge in [-0.2, -0.15) is 5.26 Å². The zero-order valence-corrected chi connectivity index (χ0v) is 10.8. The van der Waals surface area contributed by atoms with Crippen molar-refractivity contribution >= 4 is 5.91 Å². The van der Waals surface area contributed by atoms with E-state index in [-0.39, 0.29) is 30.2 Å². The summed E-state index contributed by atoms with van der Waals surface area (Å²) < 4.78 is 20.0. The highest BCUT2D eigenvalue weighted by atomic mass is 19.1. The van der Waals surface area contributed by atoms with Crippen molar-refractivity contribution in [3.8, 4) is 11.8 Å². The number of aromatic nitrogens is 3. The van der Waals surface area contributed by atoms with E-state index in [0.29, 0.717) is 0 Å². The van der Waals surface area contributed by atoms with Crippen LogP contribution in [0.2, 0.25) is 0 Å². The van der Waals surface area contributed by atoms with Crippen LogP contribution in [0.1, 0.15) is 16.1 Å². The Kier molecular flexibility index (Phi) is 4.43. The molecule has 0 spiro atoms. The normalized spacial score (nSPS) is 9.95. The fraction of sp³-hybridized carbons (Fsp3) is 0.167. The molecule has 0 aliphatic rings. The fourth-order valence-corrected chi connectivity index (χ4v) is 1.57. The molecule has 3 N–H and O–H groups in total. The van der Waals surface area contributed by atoms with Gasteiger partial charge in [0.25, 0.3) is 5.91 Å². The minimum absolute atomic E-state index is 0.0703. The maximum atomic E-state index is 13.3. The van der Waals surface area contributed by atoms with Gasteiger partial charge in [-0.05, 0) is 12.1 Å². The van der Waals surface area contributed by atoms with Gasteiger partial charge in [0, 0.05) is 0 Å². The number of hydrogen-bond donors (Lipinski definition) is 2. The molecule has 0 unspecified atom stereocenters. The molecule has 21 heavy (non-hydrogen) atoms. The van der Waals surface area contributed by atoms with Crippen LogP contribution < -0.4 is 16.0 Å². The third kappa shape index (κ3) is 3.31. The summed E-state index contributed by atoms with van der Waals surface area (Å²) in [4.78, 5) is 11.2. The first-order valence-corrected chi connectivity index (χ1v) is 5.88. The van der Waals surface area contributed by atoms with Crippen LogP contribution in [0.15, 0.2) is 24.4 Å². The zero-order valence-electron chi connectivity index (χ0n) is 10.8. The van der Waals surface area contributed by atoms with Gasteiger partial charge in [0.15, 0.2) is 5.69 Å². The van der Waals surface area contributed by atoms with Crippen molar-refractivity contribution in [1.29, 1.82) is 5.26 Å². The molecule has 9 heteroatoms. The van der Waals surface area contributed by atoms with Crippen molar-refractivity contribution in [3.05, 3.63) is 41.5 Å². The number of carbonyl (C=O) groups is 1. The number of nitrogens with one attached hydrogen (secondary N) is 1. The van der Waals surface area contributed by atoms with E-state index in [9.17, 15) is 9.18 Å². The highest BCUT2D eigenvalue weighted by molar-refractivity contribution is 5.91. The lowest BCUT2D eigenvalue weighted by molar-refractivity contribution is 0.0948. The van der Waals surface area contributed by atoms with Gasteiger partial charge in [0.2, 0.25) is 0 Å². The average molecular weight is 290 g/mol. The molecular formula is C12H11FN6O2. The molecule has 1 heterocycles. The Bertz CT molecular complexity index is 693. The Hall–Kier alpha value is -2.99. The number of carbonyl (C=O) groups excluding carboxylic acids is 1. The number of hydrogen-bond acceptors (Lipinski definition) is 6. The number of nitrogens with zero attached hydrogens (tertiary/aromatic N) is 4. The van der Waals surface area contributed by atoms with Crippen LogP contribution >= 0.6 is 0 Å². The SMILES string of the molecule is N#Cc1c(F)cccc1OCCn1cc(C(=O)NN)nn1. The summed E-state index contributed by atoms with van der Waals surface area (Å²) in [5, 5.41) is 16.2. The van der Waals surface area contributed by atoms with Gasteiger partial charge in [0.05, 0.1) is 12.7 Å². The minimum atomic E-state index is -0.641. The maximum Gasteiger partial charge on any atom is 0.287 e. The lowest BCUT2D eigenvalue weighted by Crippen LogP contribution is -2.30. The van der Waals surface area contributed by atoms with Crippen molar-refractivity contribution in [2.24, 2.45) is 5.84 Å². The van der Waals surface area contributed by atoms with E-state index in [1.165, 1.54) is 29.1 Å². The summed E-state index contributed by atoms with van der Waals surface area (Å²) >= 11 is 0.